The summed E-state index contributed by atoms with van der Waals surface area (Å²) in [5.74, 6) is 0.722. The molecular weight excluding hydrogens is 474 g/mol. The van der Waals surface area contributed by atoms with Crippen LogP contribution in [0.1, 0.15) is 12.5 Å². The van der Waals surface area contributed by atoms with E-state index in [1.54, 1.807) is 24.3 Å². The summed E-state index contributed by atoms with van der Waals surface area (Å²) in [7, 11) is -1.34. The summed E-state index contributed by atoms with van der Waals surface area (Å²) in [6.07, 6.45) is 2.60. The summed E-state index contributed by atoms with van der Waals surface area (Å²) in [4.78, 5) is 13.5. The van der Waals surface area contributed by atoms with Crippen LogP contribution in [0.5, 0.6) is 0 Å². The number of nitrogens with one attached hydrogen (secondary N) is 3. The van der Waals surface area contributed by atoms with Crippen LogP contribution < -0.4 is 20.3 Å². The first-order valence-corrected chi connectivity index (χ1v) is 13.2. The lowest BCUT2D eigenvalue weighted by Gasteiger charge is -2.20. The zero-order valence-corrected chi connectivity index (χ0v) is 20.9. The van der Waals surface area contributed by atoms with Crippen molar-refractivity contribution in [3.8, 4) is 0 Å². The molecule has 0 amide bonds. The molecule has 180 valence electrons. The lowest BCUT2D eigenvalue weighted by molar-refractivity contribution is 0.293. The van der Waals surface area contributed by atoms with Gasteiger partial charge >= 0.3 is 0 Å². The highest BCUT2D eigenvalue weighted by molar-refractivity contribution is 7.92. The number of sulfonamides is 1. The molecule has 0 aliphatic carbocycles. The molecule has 0 fully saturated rings. The number of hydrogen-bond donors (Lipinski definition) is 3. The number of anilines is 6. The molecule has 1 aromatic heterocycles. The third-order valence-corrected chi connectivity index (χ3v) is 6.43. The molecule has 9 nitrogen and oxygen atoms in total. The summed E-state index contributed by atoms with van der Waals surface area (Å²) >= 11 is 6.33. The maximum Gasteiger partial charge on any atom is 0.229 e. The van der Waals surface area contributed by atoms with Crippen LogP contribution in [0.4, 0.5) is 34.5 Å². The molecule has 0 spiro atoms. The predicted octanol–water partition coefficient (Wildman–Crippen LogP) is 4.26. The van der Waals surface area contributed by atoms with Crippen LogP contribution in [0.2, 0.25) is 5.02 Å². The summed E-state index contributed by atoms with van der Waals surface area (Å²) in [6.45, 7) is 6.10. The Bertz CT molecular complexity index is 1290. The summed E-state index contributed by atoms with van der Waals surface area (Å²) in [5.41, 5.74) is 4.23. The average Bonchev–Trinajstić information content (AvgIpc) is 2.95. The highest BCUT2D eigenvalue weighted by atomic mass is 35.5. The van der Waals surface area contributed by atoms with Crippen LogP contribution in [0.3, 0.4) is 0 Å². The van der Waals surface area contributed by atoms with Gasteiger partial charge in [-0.1, -0.05) is 36.7 Å². The Morgan fingerprint density at radius 2 is 1.85 bits per heavy atom. The molecule has 0 saturated carbocycles. The van der Waals surface area contributed by atoms with Crippen LogP contribution in [-0.4, -0.2) is 56.2 Å². The number of halogens is 1. The Morgan fingerprint density at radius 3 is 2.59 bits per heavy atom. The van der Waals surface area contributed by atoms with Gasteiger partial charge in [-0.15, -0.1) is 0 Å². The van der Waals surface area contributed by atoms with Crippen molar-refractivity contribution < 1.29 is 8.42 Å². The van der Waals surface area contributed by atoms with Crippen molar-refractivity contribution in [3.05, 3.63) is 59.2 Å². The minimum Gasteiger partial charge on any atom is -0.373 e. The van der Waals surface area contributed by atoms with Crippen LogP contribution >= 0.6 is 11.6 Å². The molecule has 3 aromatic rings. The maximum atomic E-state index is 11.7. The molecule has 0 bridgehead atoms. The maximum absolute atomic E-state index is 11.7. The number of aromatic nitrogens is 2. The van der Waals surface area contributed by atoms with Crippen LogP contribution in [0, 0.1) is 0 Å². The Balaban J connectivity index is 1.57. The molecule has 1 aliphatic heterocycles. The summed E-state index contributed by atoms with van der Waals surface area (Å²) in [6, 6.07) is 13.2. The van der Waals surface area contributed by atoms with Crippen LogP contribution in [-0.2, 0) is 16.6 Å². The van der Waals surface area contributed by atoms with E-state index < -0.39 is 10.0 Å². The Morgan fingerprint density at radius 1 is 1.09 bits per heavy atom. The summed E-state index contributed by atoms with van der Waals surface area (Å²) in [5, 5.41) is 6.66. The van der Waals surface area contributed by atoms with Gasteiger partial charge in [-0.3, -0.25) is 9.62 Å². The fourth-order valence-electron chi connectivity index (χ4n) is 3.78. The second-order valence-electron chi connectivity index (χ2n) is 8.19. The second-order valence-corrected chi connectivity index (χ2v) is 10.3. The van der Waals surface area contributed by atoms with E-state index in [-0.39, 0.29) is 0 Å². The third kappa shape index (κ3) is 5.88. The van der Waals surface area contributed by atoms with Gasteiger partial charge in [0.2, 0.25) is 16.0 Å². The molecule has 2 heterocycles. The van der Waals surface area contributed by atoms with Crippen LogP contribution in [0.25, 0.3) is 0 Å². The first-order chi connectivity index (χ1) is 16.2. The molecule has 0 radical (unpaired) electrons. The van der Waals surface area contributed by atoms with E-state index in [9.17, 15) is 8.42 Å². The van der Waals surface area contributed by atoms with E-state index in [1.165, 1.54) is 17.4 Å². The standard InChI is InChI=1S/C23H28ClN7O2S/c1-4-31-12-11-30(2)21-13-17(10-9-16(21)15-31)26-23-25-14-18(24)22(28-23)27-19-7-5-6-8-20(19)29-34(3,32)33/h5-10,13-14,29H,4,11-12,15H2,1-3H3,(H2,25,26,27,28). The molecule has 2 aromatic carbocycles. The van der Waals surface area contributed by atoms with Gasteiger partial charge in [0, 0.05) is 38.1 Å². The van der Waals surface area contributed by atoms with Gasteiger partial charge in [0.25, 0.3) is 0 Å². The zero-order valence-electron chi connectivity index (χ0n) is 19.3. The van der Waals surface area contributed by atoms with Gasteiger partial charge in [0.15, 0.2) is 5.82 Å². The highest BCUT2D eigenvalue weighted by Gasteiger charge is 2.17. The number of likely N-dealkylation sites (N-methyl/N-ethyl adjacent to an activating group) is 2. The summed E-state index contributed by atoms with van der Waals surface area (Å²) < 4.78 is 25.9. The van der Waals surface area contributed by atoms with E-state index >= 15 is 0 Å². The molecule has 11 heteroatoms. The lowest BCUT2D eigenvalue weighted by Crippen LogP contribution is -2.28. The van der Waals surface area contributed by atoms with Crippen molar-refractivity contribution in [2.75, 3.05) is 53.2 Å². The fraction of sp³-hybridized carbons (Fsp3) is 0.304. The van der Waals surface area contributed by atoms with E-state index in [0.29, 0.717) is 28.2 Å². The lowest BCUT2D eigenvalue weighted by atomic mass is 10.1. The minimum absolute atomic E-state index is 0.307. The van der Waals surface area contributed by atoms with Gasteiger partial charge < -0.3 is 15.5 Å². The van der Waals surface area contributed by atoms with E-state index in [4.69, 9.17) is 11.6 Å². The van der Waals surface area contributed by atoms with Gasteiger partial charge in [0.05, 0.1) is 23.8 Å². The molecule has 1 aliphatic rings. The van der Waals surface area contributed by atoms with Crippen molar-refractivity contribution >= 4 is 56.1 Å². The number of benzene rings is 2. The van der Waals surface area contributed by atoms with Crippen molar-refractivity contribution in [2.45, 2.75) is 13.5 Å². The minimum atomic E-state index is -3.45. The predicted molar refractivity (Wildman–Crippen MR) is 139 cm³/mol. The monoisotopic (exact) mass is 501 g/mol. The number of nitrogens with zero attached hydrogens (tertiary/aromatic N) is 4. The first kappa shape index (κ1) is 24.1. The smallest absolute Gasteiger partial charge is 0.229 e. The Hall–Kier alpha value is -3.08. The topological polar surface area (TPSA) is 102 Å². The van der Waals surface area contributed by atoms with Crippen molar-refractivity contribution in [3.63, 3.8) is 0 Å². The molecular formula is C23H28ClN7O2S. The van der Waals surface area contributed by atoms with Gasteiger partial charge in [-0.2, -0.15) is 4.98 Å². The van der Waals surface area contributed by atoms with Gasteiger partial charge in [-0.05, 0) is 36.4 Å². The Kier molecular flexibility index (Phi) is 7.11. The molecule has 0 atom stereocenters. The zero-order chi connectivity index (χ0) is 24.3. The third-order valence-electron chi connectivity index (χ3n) is 5.57. The molecule has 0 saturated heterocycles. The van der Waals surface area contributed by atoms with Crippen LogP contribution in [0.15, 0.2) is 48.7 Å². The van der Waals surface area contributed by atoms with Gasteiger partial charge in [0.1, 0.15) is 5.02 Å². The highest BCUT2D eigenvalue weighted by Crippen LogP contribution is 2.31. The normalized spacial score (nSPS) is 14.3. The largest absolute Gasteiger partial charge is 0.373 e. The fourth-order valence-corrected chi connectivity index (χ4v) is 4.50. The number of fused-ring (bicyclic) bond motifs is 1. The SMILES string of the molecule is CCN1CCN(C)c2cc(Nc3ncc(Cl)c(Nc4ccccc4NS(C)(=O)=O)n3)ccc2C1. The number of para-hydroxylation sites is 2. The van der Waals surface area contributed by atoms with Crippen molar-refractivity contribution in [2.24, 2.45) is 0 Å². The average molecular weight is 502 g/mol. The van der Waals surface area contributed by atoms with Crippen molar-refractivity contribution in [1.82, 2.24) is 14.9 Å². The number of hydrogen-bond acceptors (Lipinski definition) is 8. The number of rotatable bonds is 7. The molecule has 4 rings (SSSR count). The quantitative estimate of drug-likeness (QED) is 0.441. The van der Waals surface area contributed by atoms with E-state index in [0.717, 1.165) is 38.1 Å². The van der Waals surface area contributed by atoms with E-state index in [1.807, 2.05) is 6.07 Å². The second kappa shape index (κ2) is 10.0. The molecule has 34 heavy (non-hydrogen) atoms. The first-order valence-electron chi connectivity index (χ1n) is 10.9. The Labute approximate surface area is 205 Å². The molecule has 3 N–H and O–H groups in total. The van der Waals surface area contributed by atoms with Crippen molar-refractivity contribution in [1.29, 1.82) is 0 Å². The molecule has 0 unspecified atom stereocenters. The van der Waals surface area contributed by atoms with Gasteiger partial charge in [-0.25, -0.2) is 13.4 Å². The van der Waals surface area contributed by atoms with E-state index in [2.05, 4.69) is 61.2 Å².